The van der Waals surface area contributed by atoms with Crippen molar-refractivity contribution in [1.29, 1.82) is 0 Å². The van der Waals surface area contributed by atoms with Crippen LogP contribution in [-0.4, -0.2) is 73.0 Å². The summed E-state index contributed by atoms with van der Waals surface area (Å²) < 4.78 is 36.0. The molecule has 1 N–H and O–H groups in total. The van der Waals surface area contributed by atoms with Gasteiger partial charge in [0.25, 0.3) is 0 Å². The summed E-state index contributed by atoms with van der Waals surface area (Å²) in [4.78, 5) is 39.7. The first-order valence-corrected chi connectivity index (χ1v) is 16.5. The van der Waals surface area contributed by atoms with Gasteiger partial charge in [-0.15, -0.1) is 0 Å². The summed E-state index contributed by atoms with van der Waals surface area (Å²) in [5.41, 5.74) is 4.11. The average molecular weight is 672 g/mol. The van der Waals surface area contributed by atoms with E-state index in [0.29, 0.717) is 46.3 Å². The number of nitrogens with one attached hydrogen (secondary N) is 1. The summed E-state index contributed by atoms with van der Waals surface area (Å²) in [6.07, 6.45) is 10.2. The van der Waals surface area contributed by atoms with Crippen molar-refractivity contribution >= 4 is 35.3 Å². The van der Waals surface area contributed by atoms with Crippen molar-refractivity contribution in [3.8, 4) is 28.7 Å². The monoisotopic (exact) mass is 671 g/mol. The smallest absolute Gasteiger partial charge is 0.314 e. The van der Waals surface area contributed by atoms with E-state index in [1.54, 1.807) is 30.9 Å². The highest BCUT2D eigenvalue weighted by Crippen LogP contribution is 2.50. The second kappa shape index (κ2) is 15.3. The molecule has 1 aliphatic carbocycles. The van der Waals surface area contributed by atoms with Gasteiger partial charge in [-0.2, -0.15) is 0 Å². The Morgan fingerprint density at radius 2 is 1.73 bits per heavy atom. The number of methoxy groups -OCH3 is 3. The maximum atomic E-state index is 13.9. The van der Waals surface area contributed by atoms with Crippen molar-refractivity contribution in [1.82, 2.24) is 19.5 Å². The molecule has 2 aromatic heterocycles. The van der Waals surface area contributed by atoms with Crippen LogP contribution in [0.25, 0.3) is 17.2 Å². The molecular formula is C36H41N5O8. The molecule has 0 unspecified atom stereocenters. The lowest BCUT2D eigenvalue weighted by molar-refractivity contribution is -0.148. The number of anilines is 1. The first kappa shape index (κ1) is 33.6. The highest BCUT2D eigenvalue weighted by molar-refractivity contribution is 5.95. The number of aromatic nitrogens is 4. The van der Waals surface area contributed by atoms with Gasteiger partial charge in [0.2, 0.25) is 12.5 Å². The zero-order valence-electron chi connectivity index (χ0n) is 28.2. The van der Waals surface area contributed by atoms with Crippen LogP contribution in [0.1, 0.15) is 61.6 Å². The Morgan fingerprint density at radius 1 is 0.980 bits per heavy atom. The van der Waals surface area contributed by atoms with Crippen LogP contribution in [0.4, 0.5) is 5.82 Å². The molecule has 4 aromatic rings. The maximum absolute atomic E-state index is 13.9. The summed E-state index contributed by atoms with van der Waals surface area (Å²) in [5.74, 6) is 1.16. The number of benzene rings is 2. The third kappa shape index (κ3) is 6.83. The van der Waals surface area contributed by atoms with Gasteiger partial charge in [0, 0.05) is 24.6 Å². The second-order valence-corrected chi connectivity index (χ2v) is 11.9. The van der Waals surface area contributed by atoms with Crippen LogP contribution in [0.5, 0.6) is 28.7 Å². The molecule has 13 nitrogen and oxygen atoms in total. The standard InChI is InChI=1S/C36H41N5O8/c1-5-10-37-34-32-35(39-19-38-34)41(20-40-32)11-8-6-7-9-12-47-36(43)31-24(18-42)13-22-14-26-27(49-21-48-26)17-25(22)30(31)23-15-28(44-2)33(46-4)29(16-23)45-3/h13-20,30-31H,5-12,21H2,1-4H3,(H,37,38,39)/t30-,31-/m1/s1. The molecule has 2 aliphatic rings. The Balaban J connectivity index is 1.14. The number of ether oxygens (including phenoxy) is 6. The van der Waals surface area contributed by atoms with E-state index in [0.717, 1.165) is 73.2 Å². The third-order valence-corrected chi connectivity index (χ3v) is 8.85. The molecule has 3 heterocycles. The van der Waals surface area contributed by atoms with Crippen molar-refractivity contribution in [3.63, 3.8) is 0 Å². The topological polar surface area (TPSA) is 145 Å². The Kier molecular flexibility index (Phi) is 10.5. The molecule has 2 aromatic carbocycles. The van der Waals surface area contributed by atoms with Gasteiger partial charge in [0.15, 0.2) is 34.5 Å². The number of hydrogen-bond donors (Lipinski definition) is 1. The van der Waals surface area contributed by atoms with Gasteiger partial charge in [-0.05, 0) is 72.7 Å². The number of aldehydes is 1. The van der Waals surface area contributed by atoms with E-state index < -0.39 is 17.8 Å². The van der Waals surface area contributed by atoms with Gasteiger partial charge in [0.05, 0.1) is 40.2 Å². The average Bonchev–Trinajstić information content (AvgIpc) is 3.77. The van der Waals surface area contributed by atoms with Crippen LogP contribution in [0.3, 0.4) is 0 Å². The summed E-state index contributed by atoms with van der Waals surface area (Å²) in [7, 11) is 4.59. The zero-order chi connectivity index (χ0) is 34.3. The number of nitrogens with zero attached hydrogens (tertiary/aromatic N) is 4. The van der Waals surface area contributed by atoms with Gasteiger partial charge < -0.3 is 38.3 Å². The number of carbonyl (C=O) groups excluding carboxylic acids is 2. The largest absolute Gasteiger partial charge is 0.493 e. The molecule has 0 fully saturated rings. The van der Waals surface area contributed by atoms with Crippen LogP contribution in [0.2, 0.25) is 0 Å². The van der Waals surface area contributed by atoms with Crippen LogP contribution in [-0.2, 0) is 20.9 Å². The van der Waals surface area contributed by atoms with Gasteiger partial charge in [-0.1, -0.05) is 13.3 Å². The summed E-state index contributed by atoms with van der Waals surface area (Å²) in [6, 6.07) is 7.29. The summed E-state index contributed by atoms with van der Waals surface area (Å²) in [5, 5.41) is 3.30. The lowest BCUT2D eigenvalue weighted by atomic mass is 9.71. The molecule has 2 atom stereocenters. The lowest BCUT2D eigenvalue weighted by Crippen LogP contribution is -2.31. The van der Waals surface area contributed by atoms with Crippen LogP contribution < -0.4 is 29.0 Å². The SMILES string of the molecule is CCCNc1ncnc2c1ncn2CCCCCCOC(=O)[C@@H]1C(C=O)=Cc2cc3c(cc2[C@H]1c1cc(OC)c(OC)c(OC)c1)OCO3. The number of aryl methyl sites for hydroxylation is 1. The fourth-order valence-electron chi connectivity index (χ4n) is 6.46. The molecular weight excluding hydrogens is 630 g/mol. The third-order valence-electron chi connectivity index (χ3n) is 8.85. The summed E-state index contributed by atoms with van der Waals surface area (Å²) >= 11 is 0. The Hall–Kier alpha value is -5.33. The van der Waals surface area contributed by atoms with E-state index in [-0.39, 0.29) is 13.4 Å². The minimum absolute atomic E-state index is 0.0908. The molecule has 0 bridgehead atoms. The normalized spacial score (nSPS) is 16.1. The zero-order valence-corrected chi connectivity index (χ0v) is 28.2. The molecule has 0 amide bonds. The number of unbranched alkanes of at least 4 members (excludes halogenated alkanes) is 3. The van der Waals surface area contributed by atoms with Gasteiger partial charge in [-0.25, -0.2) is 15.0 Å². The predicted molar refractivity (Wildman–Crippen MR) is 182 cm³/mol. The predicted octanol–water partition coefficient (Wildman–Crippen LogP) is 5.55. The van der Waals surface area contributed by atoms with Gasteiger partial charge in [-0.3, -0.25) is 9.59 Å². The summed E-state index contributed by atoms with van der Waals surface area (Å²) in [6.45, 7) is 4.01. The Morgan fingerprint density at radius 3 is 2.45 bits per heavy atom. The minimum atomic E-state index is -0.915. The van der Waals surface area contributed by atoms with Crippen molar-refractivity contribution in [2.45, 2.75) is 51.5 Å². The van der Waals surface area contributed by atoms with E-state index in [4.69, 9.17) is 28.4 Å². The number of rotatable bonds is 16. The molecule has 0 saturated heterocycles. The van der Waals surface area contributed by atoms with E-state index in [1.165, 1.54) is 21.3 Å². The first-order valence-electron chi connectivity index (χ1n) is 16.5. The molecule has 258 valence electrons. The number of carbonyl (C=O) groups is 2. The number of esters is 1. The molecule has 1 aliphatic heterocycles. The second-order valence-electron chi connectivity index (χ2n) is 11.9. The van der Waals surface area contributed by atoms with Crippen molar-refractivity contribution < 1.29 is 38.0 Å². The molecule has 49 heavy (non-hydrogen) atoms. The highest BCUT2D eigenvalue weighted by Gasteiger charge is 2.41. The quantitative estimate of drug-likeness (QED) is 0.0906. The fraction of sp³-hybridized carbons (Fsp3) is 0.417. The van der Waals surface area contributed by atoms with Crippen LogP contribution in [0, 0.1) is 5.92 Å². The van der Waals surface area contributed by atoms with Crippen LogP contribution in [0.15, 0.2) is 42.5 Å². The highest BCUT2D eigenvalue weighted by atomic mass is 16.7. The molecule has 0 radical (unpaired) electrons. The van der Waals surface area contributed by atoms with E-state index in [1.807, 2.05) is 16.7 Å². The van der Waals surface area contributed by atoms with E-state index in [9.17, 15) is 9.59 Å². The maximum Gasteiger partial charge on any atom is 0.314 e. The molecule has 13 heteroatoms. The fourth-order valence-corrected chi connectivity index (χ4v) is 6.46. The Labute approximate surface area is 284 Å². The number of hydrogen-bond acceptors (Lipinski definition) is 12. The minimum Gasteiger partial charge on any atom is -0.493 e. The molecule has 0 spiro atoms. The van der Waals surface area contributed by atoms with E-state index in [2.05, 4.69) is 27.2 Å². The van der Waals surface area contributed by atoms with Gasteiger partial charge >= 0.3 is 5.97 Å². The van der Waals surface area contributed by atoms with Crippen molar-refractivity contribution in [2.75, 3.05) is 46.6 Å². The number of fused-ring (bicyclic) bond motifs is 3. The van der Waals surface area contributed by atoms with Crippen molar-refractivity contribution in [3.05, 3.63) is 59.2 Å². The van der Waals surface area contributed by atoms with Crippen molar-refractivity contribution in [2.24, 2.45) is 5.92 Å². The lowest BCUT2D eigenvalue weighted by Gasteiger charge is -2.32. The van der Waals surface area contributed by atoms with E-state index >= 15 is 0 Å². The van der Waals surface area contributed by atoms with Gasteiger partial charge in [0.1, 0.15) is 18.1 Å². The van der Waals surface area contributed by atoms with Crippen LogP contribution >= 0.6 is 0 Å². The Bertz CT molecular complexity index is 1830. The molecule has 6 rings (SSSR count). The number of imidazole rings is 1. The molecule has 0 saturated carbocycles. The first-order chi connectivity index (χ1) is 24.0.